The van der Waals surface area contributed by atoms with Crippen LogP contribution in [0.3, 0.4) is 0 Å². The molecule has 2 aromatic rings. The first-order valence-electron chi connectivity index (χ1n) is 6.92. The Kier molecular flexibility index (Phi) is 6.17. The van der Waals surface area contributed by atoms with Crippen molar-refractivity contribution in [3.63, 3.8) is 0 Å². The summed E-state index contributed by atoms with van der Waals surface area (Å²) in [6.07, 6.45) is 0. The smallest absolute Gasteiger partial charge is 0.344 e. The molecule has 0 aliphatic heterocycles. The molecule has 1 amide bonds. The van der Waals surface area contributed by atoms with Gasteiger partial charge in [-0.05, 0) is 36.4 Å². The summed E-state index contributed by atoms with van der Waals surface area (Å²) < 4.78 is 11.1. The molecule has 0 radical (unpaired) electrons. The van der Waals surface area contributed by atoms with E-state index in [9.17, 15) is 9.59 Å². The number of likely N-dealkylation sites (N-methyl/N-ethyl adjacent to an activating group) is 1. The van der Waals surface area contributed by atoms with Crippen molar-refractivity contribution in [3.05, 3.63) is 59.1 Å². The number of benzene rings is 2. The number of esters is 1. The van der Waals surface area contributed by atoms with Crippen LogP contribution in [0.4, 0.5) is 5.69 Å². The second-order valence-electron chi connectivity index (χ2n) is 4.69. The average molecular weight is 378 g/mol. The van der Waals surface area contributed by atoms with E-state index in [-0.39, 0.29) is 19.1 Å². The lowest BCUT2D eigenvalue weighted by atomic mass is 10.3. The van der Waals surface area contributed by atoms with E-state index in [2.05, 4.69) is 15.9 Å². The molecule has 0 fully saturated rings. The first-order chi connectivity index (χ1) is 11.1. The normalized spacial score (nSPS) is 10.0. The summed E-state index contributed by atoms with van der Waals surface area (Å²) in [4.78, 5) is 25.0. The maximum Gasteiger partial charge on any atom is 0.344 e. The predicted octanol–water partition coefficient (Wildman–Crippen LogP) is 3.03. The number of amides is 1. The summed E-state index contributed by atoms with van der Waals surface area (Å²) in [5.74, 6) is -0.353. The standard InChI is InChI=1S/C17H16BrNO4/c1-19(14-5-3-2-4-6-14)16(20)11-23-17(21)12-22-15-9-7-13(18)8-10-15/h2-10H,11-12H2,1H3. The molecule has 0 atom stereocenters. The van der Waals surface area contributed by atoms with Gasteiger partial charge in [-0.1, -0.05) is 34.1 Å². The van der Waals surface area contributed by atoms with Crippen LogP contribution in [0.1, 0.15) is 0 Å². The van der Waals surface area contributed by atoms with Crippen molar-refractivity contribution in [2.75, 3.05) is 25.2 Å². The van der Waals surface area contributed by atoms with Crippen LogP contribution < -0.4 is 9.64 Å². The fourth-order valence-electron chi connectivity index (χ4n) is 1.75. The second kappa shape index (κ2) is 8.33. The van der Waals surface area contributed by atoms with E-state index in [0.29, 0.717) is 5.75 Å². The molecular weight excluding hydrogens is 362 g/mol. The Bertz CT molecular complexity index is 658. The lowest BCUT2D eigenvalue weighted by Crippen LogP contribution is -2.31. The molecule has 0 N–H and O–H groups in total. The Balaban J connectivity index is 1.75. The van der Waals surface area contributed by atoms with Gasteiger partial charge in [0, 0.05) is 17.2 Å². The van der Waals surface area contributed by atoms with Crippen molar-refractivity contribution < 1.29 is 19.1 Å². The van der Waals surface area contributed by atoms with Gasteiger partial charge in [0.15, 0.2) is 13.2 Å². The minimum absolute atomic E-state index is 0.246. The van der Waals surface area contributed by atoms with Crippen LogP contribution in [-0.4, -0.2) is 32.1 Å². The van der Waals surface area contributed by atoms with Gasteiger partial charge >= 0.3 is 5.97 Å². The van der Waals surface area contributed by atoms with Crippen LogP contribution in [0, 0.1) is 0 Å². The highest BCUT2D eigenvalue weighted by Gasteiger charge is 2.13. The Morgan fingerprint density at radius 1 is 1.00 bits per heavy atom. The summed E-state index contributed by atoms with van der Waals surface area (Å²) in [5, 5.41) is 0. The Hall–Kier alpha value is -2.34. The molecule has 0 saturated heterocycles. The summed E-state index contributed by atoms with van der Waals surface area (Å²) in [7, 11) is 1.63. The molecule has 0 aliphatic rings. The van der Waals surface area contributed by atoms with Crippen LogP contribution >= 0.6 is 15.9 Å². The quantitative estimate of drug-likeness (QED) is 0.726. The average Bonchev–Trinajstić information content (AvgIpc) is 2.59. The number of carbonyl (C=O) groups excluding carboxylic acids is 2. The minimum atomic E-state index is -0.595. The third kappa shape index (κ3) is 5.41. The van der Waals surface area contributed by atoms with E-state index < -0.39 is 5.97 Å². The monoisotopic (exact) mass is 377 g/mol. The molecule has 0 spiro atoms. The molecule has 5 nitrogen and oxygen atoms in total. The molecule has 2 aromatic carbocycles. The van der Waals surface area contributed by atoms with Crippen molar-refractivity contribution >= 4 is 33.5 Å². The Morgan fingerprint density at radius 2 is 1.65 bits per heavy atom. The van der Waals surface area contributed by atoms with Gasteiger partial charge in [0.25, 0.3) is 5.91 Å². The van der Waals surface area contributed by atoms with E-state index >= 15 is 0 Å². The number of halogens is 1. The molecule has 120 valence electrons. The molecule has 0 aromatic heterocycles. The van der Waals surface area contributed by atoms with Crippen LogP contribution in [0.25, 0.3) is 0 Å². The lowest BCUT2D eigenvalue weighted by molar-refractivity contribution is -0.149. The number of nitrogens with zero attached hydrogens (tertiary/aromatic N) is 1. The number of carbonyl (C=O) groups is 2. The third-order valence-corrected chi connectivity index (χ3v) is 3.57. The molecule has 0 bridgehead atoms. The molecule has 0 heterocycles. The van der Waals surface area contributed by atoms with E-state index in [0.717, 1.165) is 10.2 Å². The van der Waals surface area contributed by atoms with Crippen LogP contribution in [-0.2, 0) is 14.3 Å². The van der Waals surface area contributed by atoms with E-state index in [1.165, 1.54) is 4.90 Å². The maximum absolute atomic E-state index is 12.0. The molecule has 0 unspecified atom stereocenters. The number of hydrogen-bond acceptors (Lipinski definition) is 4. The zero-order chi connectivity index (χ0) is 16.7. The molecule has 23 heavy (non-hydrogen) atoms. The van der Waals surface area contributed by atoms with Crippen molar-refractivity contribution in [2.24, 2.45) is 0 Å². The second-order valence-corrected chi connectivity index (χ2v) is 5.61. The third-order valence-electron chi connectivity index (χ3n) is 3.04. The fourth-order valence-corrected chi connectivity index (χ4v) is 2.01. The van der Waals surface area contributed by atoms with Crippen LogP contribution in [0.5, 0.6) is 5.75 Å². The molecular formula is C17H16BrNO4. The summed E-state index contributed by atoms with van der Waals surface area (Å²) in [5.41, 5.74) is 0.736. The minimum Gasteiger partial charge on any atom is -0.482 e. The SMILES string of the molecule is CN(C(=O)COC(=O)COc1ccc(Br)cc1)c1ccccc1. The van der Waals surface area contributed by atoms with Gasteiger partial charge in [0.2, 0.25) is 0 Å². The first-order valence-corrected chi connectivity index (χ1v) is 7.71. The van der Waals surface area contributed by atoms with E-state index in [1.54, 1.807) is 43.4 Å². The van der Waals surface area contributed by atoms with Crippen LogP contribution in [0.2, 0.25) is 0 Å². The summed E-state index contributed by atoms with van der Waals surface area (Å²) in [6, 6.07) is 16.2. The van der Waals surface area contributed by atoms with Gasteiger partial charge < -0.3 is 14.4 Å². The van der Waals surface area contributed by atoms with Crippen molar-refractivity contribution in [1.29, 1.82) is 0 Å². The number of para-hydroxylation sites is 1. The van der Waals surface area contributed by atoms with Gasteiger partial charge in [-0.15, -0.1) is 0 Å². The highest BCUT2D eigenvalue weighted by molar-refractivity contribution is 9.10. The zero-order valence-corrected chi connectivity index (χ0v) is 14.2. The highest BCUT2D eigenvalue weighted by Crippen LogP contribution is 2.16. The molecule has 2 rings (SSSR count). The van der Waals surface area contributed by atoms with Gasteiger partial charge in [-0.3, -0.25) is 4.79 Å². The fraction of sp³-hybridized carbons (Fsp3) is 0.176. The van der Waals surface area contributed by atoms with Gasteiger partial charge in [0.1, 0.15) is 5.75 Å². The summed E-state index contributed by atoms with van der Waals surface area (Å²) >= 11 is 3.31. The Labute approximate surface area is 142 Å². The molecule has 6 heteroatoms. The number of hydrogen-bond donors (Lipinski definition) is 0. The largest absolute Gasteiger partial charge is 0.482 e. The topological polar surface area (TPSA) is 55.8 Å². The predicted molar refractivity (Wildman–Crippen MR) is 90.4 cm³/mol. The van der Waals surface area contributed by atoms with Crippen LogP contribution in [0.15, 0.2) is 59.1 Å². The number of ether oxygens (including phenoxy) is 2. The van der Waals surface area contributed by atoms with Gasteiger partial charge in [-0.2, -0.15) is 0 Å². The molecule has 0 saturated carbocycles. The molecule has 0 aliphatic carbocycles. The van der Waals surface area contributed by atoms with Gasteiger partial charge in [-0.25, -0.2) is 4.79 Å². The number of anilines is 1. The number of rotatable bonds is 6. The van der Waals surface area contributed by atoms with E-state index in [1.807, 2.05) is 18.2 Å². The van der Waals surface area contributed by atoms with E-state index in [4.69, 9.17) is 9.47 Å². The highest BCUT2D eigenvalue weighted by atomic mass is 79.9. The maximum atomic E-state index is 12.0. The lowest BCUT2D eigenvalue weighted by Gasteiger charge is -2.17. The zero-order valence-electron chi connectivity index (χ0n) is 12.6. The van der Waals surface area contributed by atoms with Crippen molar-refractivity contribution in [1.82, 2.24) is 0 Å². The van der Waals surface area contributed by atoms with Crippen molar-refractivity contribution in [2.45, 2.75) is 0 Å². The van der Waals surface area contributed by atoms with Crippen molar-refractivity contribution in [3.8, 4) is 5.75 Å². The first kappa shape index (κ1) is 17.0. The Morgan fingerprint density at radius 3 is 2.30 bits per heavy atom. The van der Waals surface area contributed by atoms with Gasteiger partial charge in [0.05, 0.1) is 0 Å². The summed E-state index contributed by atoms with van der Waals surface area (Å²) in [6.45, 7) is -0.572.